The van der Waals surface area contributed by atoms with Crippen molar-refractivity contribution in [3.8, 4) is 11.5 Å². The van der Waals surface area contributed by atoms with Crippen LogP contribution in [0.5, 0.6) is 11.5 Å². The summed E-state index contributed by atoms with van der Waals surface area (Å²) in [6.45, 7) is 1.16. The summed E-state index contributed by atoms with van der Waals surface area (Å²) in [5.41, 5.74) is 0.476. The van der Waals surface area contributed by atoms with Crippen molar-refractivity contribution in [3.63, 3.8) is 0 Å². The molecule has 0 aliphatic heterocycles. The predicted molar refractivity (Wildman–Crippen MR) is 116 cm³/mol. The lowest BCUT2D eigenvalue weighted by atomic mass is 9.98. The van der Waals surface area contributed by atoms with E-state index in [2.05, 4.69) is 10.6 Å². The van der Waals surface area contributed by atoms with Gasteiger partial charge < -0.3 is 20.1 Å². The molecule has 0 spiro atoms. The smallest absolute Gasteiger partial charge is 0.251 e. The fourth-order valence-corrected chi connectivity index (χ4v) is 3.41. The van der Waals surface area contributed by atoms with E-state index in [1.807, 2.05) is 30.3 Å². The van der Waals surface area contributed by atoms with E-state index in [9.17, 15) is 9.59 Å². The molecule has 1 aliphatic carbocycles. The zero-order valence-corrected chi connectivity index (χ0v) is 17.3. The normalized spacial score (nSPS) is 14.1. The van der Waals surface area contributed by atoms with Crippen molar-refractivity contribution < 1.29 is 19.1 Å². The third-order valence-electron chi connectivity index (χ3n) is 5.05. The second-order valence-corrected chi connectivity index (χ2v) is 7.46. The number of hydrogen-bond donors (Lipinski definition) is 2. The van der Waals surface area contributed by atoms with E-state index in [4.69, 9.17) is 9.47 Å². The van der Waals surface area contributed by atoms with Gasteiger partial charge in [0, 0.05) is 18.7 Å². The van der Waals surface area contributed by atoms with Gasteiger partial charge in [0.25, 0.3) is 5.91 Å². The molecule has 3 rings (SSSR count). The number of carbonyl (C=O) groups is 2. The molecule has 0 saturated heterocycles. The Labute approximate surface area is 178 Å². The highest BCUT2D eigenvalue weighted by Gasteiger charge is 2.13. The van der Waals surface area contributed by atoms with Crippen molar-refractivity contribution >= 4 is 11.8 Å². The van der Waals surface area contributed by atoms with E-state index in [1.165, 1.54) is 19.3 Å². The number of ether oxygens (including phenoxy) is 2. The van der Waals surface area contributed by atoms with Crippen LogP contribution in [-0.4, -0.2) is 37.6 Å². The molecular formula is C24H30N2O4. The van der Waals surface area contributed by atoms with Crippen molar-refractivity contribution in [2.45, 2.75) is 44.6 Å². The van der Waals surface area contributed by atoms with Crippen LogP contribution >= 0.6 is 0 Å². The summed E-state index contributed by atoms with van der Waals surface area (Å²) < 4.78 is 11.5. The summed E-state index contributed by atoms with van der Waals surface area (Å²) in [6, 6.07) is 16.2. The van der Waals surface area contributed by atoms with Crippen molar-refractivity contribution in [3.05, 3.63) is 60.2 Å². The summed E-state index contributed by atoms with van der Waals surface area (Å²) in [5.74, 6) is 0.878. The molecule has 2 aromatic rings. The van der Waals surface area contributed by atoms with Gasteiger partial charge in [0.1, 0.15) is 11.5 Å². The quantitative estimate of drug-likeness (QED) is 0.579. The maximum absolute atomic E-state index is 12.2. The van der Waals surface area contributed by atoms with Crippen LogP contribution in [0.4, 0.5) is 0 Å². The van der Waals surface area contributed by atoms with Crippen molar-refractivity contribution in [1.29, 1.82) is 0 Å². The number of amides is 2. The zero-order valence-electron chi connectivity index (χ0n) is 17.3. The fourth-order valence-electron chi connectivity index (χ4n) is 3.41. The van der Waals surface area contributed by atoms with Crippen molar-refractivity contribution in [2.75, 3.05) is 19.7 Å². The van der Waals surface area contributed by atoms with Crippen LogP contribution in [0.2, 0.25) is 0 Å². The molecule has 1 aliphatic rings. The summed E-state index contributed by atoms with van der Waals surface area (Å²) in [4.78, 5) is 24.1. The SMILES string of the molecule is O=C(CNC(=O)c1ccc(Oc2ccccc2)cc1)NCCCOC1CCCCC1. The summed E-state index contributed by atoms with van der Waals surface area (Å²) in [6.07, 6.45) is 7.29. The van der Waals surface area contributed by atoms with Gasteiger partial charge in [-0.15, -0.1) is 0 Å². The van der Waals surface area contributed by atoms with Gasteiger partial charge in [-0.2, -0.15) is 0 Å². The van der Waals surface area contributed by atoms with Gasteiger partial charge in [-0.1, -0.05) is 37.5 Å². The minimum atomic E-state index is -0.294. The van der Waals surface area contributed by atoms with E-state index in [1.54, 1.807) is 24.3 Å². The second kappa shape index (κ2) is 12.0. The summed E-state index contributed by atoms with van der Waals surface area (Å²) >= 11 is 0. The fraction of sp³-hybridized carbons (Fsp3) is 0.417. The van der Waals surface area contributed by atoms with E-state index < -0.39 is 0 Å². The van der Waals surface area contributed by atoms with Gasteiger partial charge in [-0.05, 0) is 55.7 Å². The van der Waals surface area contributed by atoms with Crippen LogP contribution in [0.3, 0.4) is 0 Å². The average Bonchev–Trinajstić information content (AvgIpc) is 2.79. The van der Waals surface area contributed by atoms with Crippen LogP contribution in [-0.2, 0) is 9.53 Å². The molecule has 2 N–H and O–H groups in total. The topological polar surface area (TPSA) is 76.7 Å². The molecule has 30 heavy (non-hydrogen) atoms. The highest BCUT2D eigenvalue weighted by Crippen LogP contribution is 2.21. The minimum absolute atomic E-state index is 0.0510. The highest BCUT2D eigenvalue weighted by molar-refractivity contribution is 5.96. The van der Waals surface area contributed by atoms with E-state index >= 15 is 0 Å². The van der Waals surface area contributed by atoms with Crippen LogP contribution in [0.1, 0.15) is 48.9 Å². The molecule has 6 heteroatoms. The van der Waals surface area contributed by atoms with E-state index in [-0.39, 0.29) is 18.4 Å². The minimum Gasteiger partial charge on any atom is -0.457 e. The Bertz CT molecular complexity index is 787. The number of para-hydroxylation sites is 1. The Morgan fingerprint density at radius 3 is 2.30 bits per heavy atom. The molecule has 2 amide bonds. The third-order valence-corrected chi connectivity index (χ3v) is 5.05. The molecule has 160 valence electrons. The number of rotatable bonds is 10. The van der Waals surface area contributed by atoms with Crippen molar-refractivity contribution in [1.82, 2.24) is 10.6 Å². The third kappa shape index (κ3) is 7.52. The average molecular weight is 411 g/mol. The Morgan fingerprint density at radius 2 is 1.57 bits per heavy atom. The summed E-state index contributed by atoms with van der Waals surface area (Å²) in [5, 5.41) is 5.45. The van der Waals surface area contributed by atoms with E-state index in [0.717, 1.165) is 25.0 Å². The summed E-state index contributed by atoms with van der Waals surface area (Å²) in [7, 11) is 0. The molecular weight excluding hydrogens is 380 g/mol. The Kier molecular flexibility index (Phi) is 8.72. The first kappa shape index (κ1) is 21.8. The van der Waals surface area contributed by atoms with Gasteiger partial charge in [0.2, 0.25) is 5.91 Å². The molecule has 0 bridgehead atoms. The molecule has 1 fully saturated rings. The number of benzene rings is 2. The van der Waals surface area contributed by atoms with Gasteiger partial charge in [-0.3, -0.25) is 9.59 Å². The molecule has 0 heterocycles. The Morgan fingerprint density at radius 1 is 0.867 bits per heavy atom. The molecule has 0 aromatic heterocycles. The van der Waals surface area contributed by atoms with E-state index in [0.29, 0.717) is 30.6 Å². The standard InChI is InChI=1S/C24H30N2O4/c27-23(25-16-7-17-29-20-8-3-1-4-9-20)18-26-24(28)19-12-14-22(15-13-19)30-21-10-5-2-6-11-21/h2,5-6,10-15,20H,1,3-4,7-9,16-18H2,(H,25,27)(H,26,28). The molecule has 0 unspecified atom stereocenters. The first-order valence-corrected chi connectivity index (χ1v) is 10.7. The van der Waals surface area contributed by atoms with Gasteiger partial charge >= 0.3 is 0 Å². The van der Waals surface area contributed by atoms with Crippen LogP contribution in [0.15, 0.2) is 54.6 Å². The zero-order chi connectivity index (χ0) is 21.0. The number of carbonyl (C=O) groups excluding carboxylic acids is 2. The van der Waals surface area contributed by atoms with Crippen LogP contribution < -0.4 is 15.4 Å². The highest BCUT2D eigenvalue weighted by atomic mass is 16.5. The maximum Gasteiger partial charge on any atom is 0.251 e. The Balaban J connectivity index is 1.30. The predicted octanol–water partition coefficient (Wildman–Crippen LogP) is 4.06. The lowest BCUT2D eigenvalue weighted by Crippen LogP contribution is -2.37. The first-order chi connectivity index (χ1) is 14.7. The molecule has 6 nitrogen and oxygen atoms in total. The molecule has 0 atom stereocenters. The van der Waals surface area contributed by atoms with Crippen molar-refractivity contribution in [2.24, 2.45) is 0 Å². The number of hydrogen-bond acceptors (Lipinski definition) is 4. The lowest BCUT2D eigenvalue weighted by molar-refractivity contribution is -0.120. The lowest BCUT2D eigenvalue weighted by Gasteiger charge is -2.21. The van der Waals surface area contributed by atoms with Gasteiger partial charge in [0.15, 0.2) is 0 Å². The monoisotopic (exact) mass is 410 g/mol. The van der Waals surface area contributed by atoms with Gasteiger partial charge in [0.05, 0.1) is 12.6 Å². The molecule has 1 saturated carbocycles. The largest absolute Gasteiger partial charge is 0.457 e. The van der Waals surface area contributed by atoms with Gasteiger partial charge in [-0.25, -0.2) is 0 Å². The maximum atomic E-state index is 12.2. The van der Waals surface area contributed by atoms with Crippen LogP contribution in [0, 0.1) is 0 Å². The Hall–Kier alpha value is -2.86. The first-order valence-electron chi connectivity index (χ1n) is 10.7. The molecule has 2 aromatic carbocycles. The second-order valence-electron chi connectivity index (χ2n) is 7.46. The van der Waals surface area contributed by atoms with Crippen LogP contribution in [0.25, 0.3) is 0 Å². The molecule has 0 radical (unpaired) electrons. The number of nitrogens with one attached hydrogen (secondary N) is 2.